The molecule has 0 radical (unpaired) electrons. The molecule has 4 rings (SSSR count). The minimum atomic E-state index is -1.17. The normalized spacial score (nSPS) is 14.5. The molecule has 3 aromatic rings. The monoisotopic (exact) mass is 503 g/mol. The van der Waals surface area contributed by atoms with Gasteiger partial charge in [-0.05, 0) is 60.3 Å². The molecule has 1 aliphatic heterocycles. The summed E-state index contributed by atoms with van der Waals surface area (Å²) in [5.41, 5.74) is 1.00. The third-order valence-corrected chi connectivity index (χ3v) is 5.50. The number of hydrogen-bond acceptors (Lipinski definition) is 7. The number of carbonyl (C=O) groups is 3. The van der Waals surface area contributed by atoms with Crippen molar-refractivity contribution in [2.24, 2.45) is 0 Å². The number of aromatic carboxylic acids is 1. The van der Waals surface area contributed by atoms with Gasteiger partial charge in [0.05, 0.1) is 16.2 Å². The number of benzene rings is 3. The summed E-state index contributed by atoms with van der Waals surface area (Å²) in [5, 5.41) is 22.4. The average molecular weight is 503 g/mol. The first-order chi connectivity index (χ1) is 17.2. The van der Waals surface area contributed by atoms with Crippen molar-refractivity contribution in [1.29, 1.82) is 0 Å². The van der Waals surface area contributed by atoms with Gasteiger partial charge in [-0.3, -0.25) is 29.9 Å². The van der Waals surface area contributed by atoms with E-state index < -0.39 is 22.7 Å². The Labute approximate surface area is 209 Å². The van der Waals surface area contributed by atoms with Crippen LogP contribution in [0.3, 0.4) is 0 Å². The van der Waals surface area contributed by atoms with Crippen molar-refractivity contribution < 1.29 is 29.2 Å². The molecule has 0 atom stereocenters. The number of carbonyl (C=O) groups excluding carboxylic acids is 2. The molecular formula is C25H17N3O7S. The summed E-state index contributed by atoms with van der Waals surface area (Å²) in [4.78, 5) is 48.6. The SMILES string of the molecule is O=C1NC(=S)N(c2cccc(C(=O)O)c2)C(=O)C1=Cc1ccccc1OCc1ccc([N+](=O)[O-])cc1. The lowest BCUT2D eigenvalue weighted by Gasteiger charge is -2.29. The highest BCUT2D eigenvalue weighted by Gasteiger charge is 2.35. The summed E-state index contributed by atoms with van der Waals surface area (Å²) in [6.07, 6.45) is 1.36. The van der Waals surface area contributed by atoms with Gasteiger partial charge in [-0.2, -0.15) is 0 Å². The van der Waals surface area contributed by atoms with Gasteiger partial charge in [0.1, 0.15) is 17.9 Å². The van der Waals surface area contributed by atoms with Gasteiger partial charge in [0.25, 0.3) is 17.5 Å². The molecule has 2 N–H and O–H groups in total. The maximum absolute atomic E-state index is 13.3. The fourth-order valence-corrected chi connectivity index (χ4v) is 3.71. The quantitative estimate of drug-likeness (QED) is 0.164. The van der Waals surface area contributed by atoms with Gasteiger partial charge in [0.15, 0.2) is 5.11 Å². The molecule has 0 bridgehead atoms. The van der Waals surface area contributed by atoms with Crippen LogP contribution in [0.15, 0.2) is 78.4 Å². The van der Waals surface area contributed by atoms with E-state index in [2.05, 4.69) is 5.32 Å². The zero-order valence-corrected chi connectivity index (χ0v) is 19.2. The number of anilines is 1. The molecule has 1 heterocycles. The van der Waals surface area contributed by atoms with E-state index in [0.29, 0.717) is 16.9 Å². The minimum Gasteiger partial charge on any atom is -0.488 e. The molecule has 0 saturated carbocycles. The predicted octanol–water partition coefficient (Wildman–Crippen LogP) is 3.70. The first-order valence-corrected chi connectivity index (χ1v) is 10.9. The van der Waals surface area contributed by atoms with E-state index in [1.807, 2.05) is 0 Å². The molecule has 10 nitrogen and oxygen atoms in total. The Kier molecular flexibility index (Phi) is 6.84. The van der Waals surface area contributed by atoms with Gasteiger partial charge in [-0.15, -0.1) is 0 Å². The van der Waals surface area contributed by atoms with E-state index >= 15 is 0 Å². The Morgan fingerprint density at radius 2 is 1.81 bits per heavy atom. The molecule has 180 valence electrons. The third-order valence-electron chi connectivity index (χ3n) is 5.21. The second-order valence-corrected chi connectivity index (χ2v) is 7.95. The summed E-state index contributed by atoms with van der Waals surface area (Å²) in [6, 6.07) is 18.2. The Hall–Kier alpha value is -4.90. The molecule has 2 amide bonds. The van der Waals surface area contributed by atoms with Crippen molar-refractivity contribution >= 4 is 52.6 Å². The second kappa shape index (κ2) is 10.2. The van der Waals surface area contributed by atoms with Gasteiger partial charge in [0, 0.05) is 17.7 Å². The van der Waals surface area contributed by atoms with E-state index in [9.17, 15) is 29.6 Å². The number of nitro groups is 1. The van der Waals surface area contributed by atoms with Crippen molar-refractivity contribution in [1.82, 2.24) is 5.32 Å². The van der Waals surface area contributed by atoms with Crippen LogP contribution < -0.4 is 15.0 Å². The number of ether oxygens (including phenoxy) is 1. The van der Waals surface area contributed by atoms with E-state index in [4.69, 9.17) is 17.0 Å². The number of nitrogens with one attached hydrogen (secondary N) is 1. The van der Waals surface area contributed by atoms with E-state index in [0.717, 1.165) is 4.90 Å². The van der Waals surface area contributed by atoms with Crippen LogP contribution in [-0.4, -0.2) is 32.9 Å². The van der Waals surface area contributed by atoms with Gasteiger partial charge >= 0.3 is 5.97 Å². The number of rotatable bonds is 7. The fourth-order valence-electron chi connectivity index (χ4n) is 3.43. The number of thiocarbonyl (C=S) groups is 1. The summed E-state index contributed by atoms with van der Waals surface area (Å²) in [6.45, 7) is 0.0938. The largest absolute Gasteiger partial charge is 0.488 e. The maximum Gasteiger partial charge on any atom is 0.335 e. The molecule has 1 saturated heterocycles. The number of nitro benzene ring substituents is 1. The molecule has 0 aromatic heterocycles. The molecular weight excluding hydrogens is 486 g/mol. The van der Waals surface area contributed by atoms with Crippen LogP contribution >= 0.6 is 12.2 Å². The third kappa shape index (κ3) is 5.10. The molecule has 3 aromatic carbocycles. The number of nitrogens with zero attached hydrogens (tertiary/aromatic N) is 2. The number of hydrogen-bond donors (Lipinski definition) is 2. The molecule has 1 aliphatic rings. The molecule has 1 fully saturated rings. The lowest BCUT2D eigenvalue weighted by atomic mass is 10.1. The molecule has 0 aliphatic carbocycles. The fraction of sp³-hybridized carbons (Fsp3) is 0.0400. The zero-order chi connectivity index (χ0) is 25.8. The topological polar surface area (TPSA) is 139 Å². The molecule has 0 spiro atoms. The first kappa shape index (κ1) is 24.2. The van der Waals surface area contributed by atoms with Crippen LogP contribution in [0.2, 0.25) is 0 Å². The summed E-state index contributed by atoms with van der Waals surface area (Å²) in [7, 11) is 0. The summed E-state index contributed by atoms with van der Waals surface area (Å²) < 4.78 is 5.85. The molecule has 11 heteroatoms. The Morgan fingerprint density at radius 1 is 1.08 bits per heavy atom. The highest BCUT2D eigenvalue weighted by Crippen LogP contribution is 2.27. The van der Waals surface area contributed by atoms with Crippen molar-refractivity contribution in [2.45, 2.75) is 6.61 Å². The van der Waals surface area contributed by atoms with Gasteiger partial charge in [0.2, 0.25) is 0 Å². The second-order valence-electron chi connectivity index (χ2n) is 7.56. The standard InChI is InChI=1S/C25H17N3O7S/c29-22-20(23(30)27(25(36)26-22)19-6-3-5-17(12-19)24(31)32)13-16-4-1-2-7-21(16)35-14-15-8-10-18(11-9-15)28(33)34/h1-13H,14H2,(H,31,32)(H,26,29,36). The van der Waals surface area contributed by atoms with Crippen molar-refractivity contribution in [2.75, 3.05) is 4.90 Å². The number of non-ortho nitro benzene ring substituents is 1. The summed E-state index contributed by atoms with van der Waals surface area (Å²) >= 11 is 5.17. The Balaban J connectivity index is 1.61. The van der Waals surface area contributed by atoms with Crippen LogP contribution in [-0.2, 0) is 16.2 Å². The number of carboxylic acids is 1. The van der Waals surface area contributed by atoms with E-state index in [1.54, 1.807) is 36.4 Å². The van der Waals surface area contributed by atoms with Crippen LogP contribution in [0, 0.1) is 10.1 Å². The van der Waals surface area contributed by atoms with E-state index in [-0.39, 0.29) is 34.2 Å². The number of carboxylic acid groups (broad SMARTS) is 1. The van der Waals surface area contributed by atoms with Gasteiger partial charge < -0.3 is 9.84 Å². The highest BCUT2D eigenvalue weighted by atomic mass is 32.1. The maximum atomic E-state index is 13.3. The lowest BCUT2D eigenvalue weighted by Crippen LogP contribution is -2.54. The number of amides is 2. The van der Waals surface area contributed by atoms with E-state index in [1.165, 1.54) is 42.5 Å². The zero-order valence-electron chi connectivity index (χ0n) is 18.4. The van der Waals surface area contributed by atoms with Gasteiger partial charge in [-0.1, -0.05) is 24.3 Å². The van der Waals surface area contributed by atoms with Crippen molar-refractivity contribution in [3.05, 3.63) is 105 Å². The summed E-state index contributed by atoms with van der Waals surface area (Å²) in [5.74, 6) is -2.24. The van der Waals surface area contributed by atoms with Crippen LogP contribution in [0.5, 0.6) is 5.75 Å². The Bertz CT molecular complexity index is 1430. The number of para-hydroxylation sites is 1. The molecule has 0 unspecified atom stereocenters. The highest BCUT2D eigenvalue weighted by molar-refractivity contribution is 7.80. The lowest BCUT2D eigenvalue weighted by molar-refractivity contribution is -0.384. The first-order valence-electron chi connectivity index (χ1n) is 10.4. The molecule has 36 heavy (non-hydrogen) atoms. The smallest absolute Gasteiger partial charge is 0.335 e. The minimum absolute atomic E-state index is 0.0398. The van der Waals surface area contributed by atoms with Crippen LogP contribution in [0.1, 0.15) is 21.5 Å². The van der Waals surface area contributed by atoms with Gasteiger partial charge in [-0.25, -0.2) is 4.79 Å². The average Bonchev–Trinajstić information content (AvgIpc) is 2.86. The van der Waals surface area contributed by atoms with Crippen LogP contribution in [0.25, 0.3) is 6.08 Å². The van der Waals surface area contributed by atoms with Crippen molar-refractivity contribution in [3.8, 4) is 5.75 Å². The van der Waals surface area contributed by atoms with Crippen LogP contribution in [0.4, 0.5) is 11.4 Å². The Morgan fingerprint density at radius 3 is 2.50 bits per heavy atom. The van der Waals surface area contributed by atoms with Crippen molar-refractivity contribution in [3.63, 3.8) is 0 Å². The predicted molar refractivity (Wildman–Crippen MR) is 133 cm³/mol.